The van der Waals surface area contributed by atoms with Crippen molar-refractivity contribution in [1.29, 1.82) is 0 Å². The maximum absolute atomic E-state index is 12.0. The van der Waals surface area contributed by atoms with Gasteiger partial charge in [0.15, 0.2) is 5.96 Å². The number of halogens is 4. The Bertz CT molecular complexity index is 707. The predicted molar refractivity (Wildman–Crippen MR) is 113 cm³/mol. The molecule has 0 aliphatic heterocycles. The molecule has 0 bridgehead atoms. The van der Waals surface area contributed by atoms with E-state index in [2.05, 4.69) is 25.5 Å². The number of ether oxygens (including phenoxy) is 1. The first-order chi connectivity index (χ1) is 13.0. The monoisotopic (exact) mass is 511 g/mol. The molecule has 1 heterocycles. The Morgan fingerprint density at radius 1 is 1.18 bits per heavy atom. The Balaban J connectivity index is 0.00000392. The lowest BCUT2D eigenvalue weighted by Gasteiger charge is -2.14. The molecule has 156 valence electrons. The van der Waals surface area contributed by atoms with Crippen LogP contribution in [0.4, 0.5) is 13.2 Å². The lowest BCUT2D eigenvalue weighted by atomic mass is 10.1. The number of aromatic nitrogens is 2. The van der Waals surface area contributed by atoms with Crippen LogP contribution in [0, 0.1) is 0 Å². The van der Waals surface area contributed by atoms with Gasteiger partial charge in [0, 0.05) is 39.1 Å². The maximum Gasteiger partial charge on any atom is 0.411 e. The quantitative estimate of drug-likeness (QED) is 0.235. The summed E-state index contributed by atoms with van der Waals surface area (Å²) in [5.74, 6) is 0.583. The van der Waals surface area contributed by atoms with E-state index in [4.69, 9.17) is 0 Å². The van der Waals surface area contributed by atoms with Gasteiger partial charge in [-0.25, -0.2) is 0 Å². The van der Waals surface area contributed by atoms with E-state index in [1.807, 2.05) is 41.2 Å². The minimum absolute atomic E-state index is 0. The van der Waals surface area contributed by atoms with Crippen molar-refractivity contribution in [2.45, 2.75) is 25.7 Å². The van der Waals surface area contributed by atoms with E-state index in [9.17, 15) is 13.2 Å². The van der Waals surface area contributed by atoms with Crippen molar-refractivity contribution in [3.8, 4) is 0 Å². The van der Waals surface area contributed by atoms with Crippen LogP contribution in [0.25, 0.3) is 0 Å². The molecule has 2 rings (SSSR count). The summed E-state index contributed by atoms with van der Waals surface area (Å²) in [6, 6.07) is 9.91. The molecule has 0 saturated carbocycles. The highest BCUT2D eigenvalue weighted by Gasteiger charge is 2.27. The van der Waals surface area contributed by atoms with Crippen LogP contribution in [0.15, 0.2) is 47.7 Å². The molecule has 28 heavy (non-hydrogen) atoms. The van der Waals surface area contributed by atoms with Crippen molar-refractivity contribution in [3.63, 3.8) is 0 Å². The molecule has 0 amide bonds. The second-order valence-electron chi connectivity index (χ2n) is 5.85. The maximum atomic E-state index is 12.0. The van der Waals surface area contributed by atoms with Gasteiger partial charge in [-0.3, -0.25) is 9.67 Å². The van der Waals surface area contributed by atoms with Crippen molar-refractivity contribution in [2.24, 2.45) is 4.99 Å². The second kappa shape index (κ2) is 12.6. The first-order valence-corrected chi connectivity index (χ1v) is 8.61. The molecular formula is C18H25F3IN5O. The van der Waals surface area contributed by atoms with Crippen molar-refractivity contribution in [2.75, 3.05) is 26.8 Å². The molecule has 0 atom stereocenters. The lowest BCUT2D eigenvalue weighted by molar-refractivity contribution is -0.173. The molecule has 10 heteroatoms. The van der Waals surface area contributed by atoms with Gasteiger partial charge in [-0.2, -0.15) is 18.3 Å². The molecule has 0 unspecified atom stereocenters. The van der Waals surface area contributed by atoms with Crippen LogP contribution in [-0.2, 0) is 17.8 Å². The van der Waals surface area contributed by atoms with Gasteiger partial charge in [-0.05, 0) is 23.6 Å². The zero-order valence-electron chi connectivity index (χ0n) is 15.6. The Kier molecular flexibility index (Phi) is 10.9. The summed E-state index contributed by atoms with van der Waals surface area (Å²) >= 11 is 0. The SMILES string of the molecule is CN=C(NCCCOCC(F)(F)F)NCc1ccccc1Cn1cccn1.I. The third-order valence-electron chi connectivity index (χ3n) is 3.70. The fourth-order valence-electron chi connectivity index (χ4n) is 2.42. The normalized spacial score (nSPS) is 11.8. The number of alkyl halides is 3. The number of hydrogen-bond acceptors (Lipinski definition) is 3. The van der Waals surface area contributed by atoms with Crippen LogP contribution in [-0.4, -0.2) is 48.7 Å². The third kappa shape index (κ3) is 9.40. The highest BCUT2D eigenvalue weighted by Crippen LogP contribution is 2.14. The number of benzene rings is 1. The summed E-state index contributed by atoms with van der Waals surface area (Å²) in [4.78, 5) is 4.12. The Morgan fingerprint density at radius 3 is 2.57 bits per heavy atom. The fraction of sp³-hybridized carbons (Fsp3) is 0.444. The highest BCUT2D eigenvalue weighted by molar-refractivity contribution is 14.0. The van der Waals surface area contributed by atoms with Gasteiger partial charge in [0.2, 0.25) is 0 Å². The lowest BCUT2D eigenvalue weighted by Crippen LogP contribution is -2.37. The highest BCUT2D eigenvalue weighted by atomic mass is 127. The van der Waals surface area contributed by atoms with Crippen LogP contribution in [0.5, 0.6) is 0 Å². The van der Waals surface area contributed by atoms with Crippen LogP contribution >= 0.6 is 24.0 Å². The molecule has 0 spiro atoms. The number of hydrogen-bond donors (Lipinski definition) is 2. The molecule has 2 aromatic rings. The van der Waals surface area contributed by atoms with E-state index < -0.39 is 12.8 Å². The Hall–Kier alpha value is -1.82. The largest absolute Gasteiger partial charge is 0.411 e. The third-order valence-corrected chi connectivity index (χ3v) is 3.70. The van der Waals surface area contributed by atoms with Gasteiger partial charge < -0.3 is 15.4 Å². The summed E-state index contributed by atoms with van der Waals surface area (Å²) in [6.45, 7) is 0.533. The smallest absolute Gasteiger partial charge is 0.372 e. The van der Waals surface area contributed by atoms with Crippen LogP contribution < -0.4 is 10.6 Å². The van der Waals surface area contributed by atoms with Gasteiger partial charge >= 0.3 is 6.18 Å². The van der Waals surface area contributed by atoms with Gasteiger partial charge in [0.25, 0.3) is 0 Å². The first-order valence-electron chi connectivity index (χ1n) is 8.61. The topological polar surface area (TPSA) is 63.5 Å². The number of guanidine groups is 1. The summed E-state index contributed by atoms with van der Waals surface area (Å²) in [5.41, 5.74) is 2.26. The van der Waals surface area contributed by atoms with Crippen LogP contribution in [0.2, 0.25) is 0 Å². The minimum atomic E-state index is -4.28. The van der Waals surface area contributed by atoms with E-state index in [1.165, 1.54) is 0 Å². The van der Waals surface area contributed by atoms with E-state index in [1.54, 1.807) is 13.2 Å². The van der Waals surface area contributed by atoms with E-state index in [0.717, 1.165) is 11.1 Å². The predicted octanol–water partition coefficient (Wildman–Crippen LogP) is 3.18. The van der Waals surface area contributed by atoms with Crippen molar-refractivity contribution in [3.05, 3.63) is 53.9 Å². The van der Waals surface area contributed by atoms with E-state index in [-0.39, 0.29) is 30.6 Å². The summed E-state index contributed by atoms with van der Waals surface area (Å²) in [7, 11) is 1.64. The van der Waals surface area contributed by atoms with Crippen molar-refractivity contribution < 1.29 is 17.9 Å². The zero-order valence-corrected chi connectivity index (χ0v) is 17.9. The number of aliphatic imine (C=N–C) groups is 1. The number of nitrogens with zero attached hydrogens (tertiary/aromatic N) is 3. The molecule has 0 radical (unpaired) electrons. The van der Waals surface area contributed by atoms with Crippen molar-refractivity contribution >= 4 is 29.9 Å². The van der Waals surface area contributed by atoms with Gasteiger partial charge in [-0.15, -0.1) is 24.0 Å². The number of nitrogens with one attached hydrogen (secondary N) is 2. The first kappa shape index (κ1) is 24.2. The fourth-order valence-corrected chi connectivity index (χ4v) is 2.42. The molecule has 0 aliphatic rings. The average Bonchev–Trinajstić information content (AvgIpc) is 3.14. The van der Waals surface area contributed by atoms with Gasteiger partial charge in [0.1, 0.15) is 6.61 Å². The molecular weight excluding hydrogens is 486 g/mol. The number of rotatable bonds is 9. The molecule has 1 aromatic heterocycles. The minimum Gasteiger partial charge on any atom is -0.372 e. The van der Waals surface area contributed by atoms with Crippen LogP contribution in [0.3, 0.4) is 0 Å². The molecule has 1 aromatic carbocycles. The van der Waals surface area contributed by atoms with Gasteiger partial charge in [0.05, 0.1) is 6.54 Å². The Morgan fingerprint density at radius 2 is 1.93 bits per heavy atom. The van der Waals surface area contributed by atoms with Crippen molar-refractivity contribution in [1.82, 2.24) is 20.4 Å². The second-order valence-corrected chi connectivity index (χ2v) is 5.85. The molecule has 0 fully saturated rings. The summed E-state index contributed by atoms with van der Waals surface area (Å²) in [5, 5.41) is 10.5. The standard InChI is InChI=1S/C18H24F3N5O.HI/c1-22-17(23-8-5-11-27-14-18(19,20)21)24-12-15-6-2-3-7-16(15)13-26-10-4-9-25-26;/h2-4,6-7,9-10H,5,8,11-14H2,1H3,(H2,22,23,24);1H. The summed E-state index contributed by atoms with van der Waals surface area (Å²) < 4.78 is 42.4. The molecule has 0 saturated heterocycles. The summed E-state index contributed by atoms with van der Waals surface area (Å²) in [6.07, 6.45) is -0.183. The van der Waals surface area contributed by atoms with Crippen LogP contribution in [0.1, 0.15) is 17.5 Å². The van der Waals surface area contributed by atoms with E-state index in [0.29, 0.717) is 32.0 Å². The Labute approximate surface area is 179 Å². The molecule has 2 N–H and O–H groups in total. The zero-order chi connectivity index (χ0) is 19.5. The van der Waals surface area contributed by atoms with E-state index >= 15 is 0 Å². The molecule has 0 aliphatic carbocycles. The molecule has 6 nitrogen and oxygen atoms in total. The average molecular weight is 511 g/mol. The van der Waals surface area contributed by atoms with Gasteiger partial charge in [-0.1, -0.05) is 24.3 Å².